The van der Waals surface area contributed by atoms with Gasteiger partial charge in [-0.3, -0.25) is 0 Å². The number of rotatable bonds is 6. The first-order valence-corrected chi connectivity index (χ1v) is 8.79. The summed E-state index contributed by atoms with van der Waals surface area (Å²) in [6.45, 7) is 2.01. The molecule has 0 unspecified atom stereocenters. The summed E-state index contributed by atoms with van der Waals surface area (Å²) in [6, 6.07) is 12.9. The molecule has 0 saturated carbocycles. The van der Waals surface area contributed by atoms with E-state index < -0.39 is 5.97 Å². The summed E-state index contributed by atoms with van der Waals surface area (Å²) in [4.78, 5) is 17.4. The van der Waals surface area contributed by atoms with Crippen LogP contribution in [0.1, 0.15) is 35.0 Å². The van der Waals surface area contributed by atoms with Gasteiger partial charge in [-0.15, -0.1) is 0 Å². The summed E-state index contributed by atoms with van der Waals surface area (Å²) in [5, 5.41) is 8.62. The van der Waals surface area contributed by atoms with E-state index in [1.54, 1.807) is 16.8 Å². The van der Waals surface area contributed by atoms with Crippen LogP contribution in [0, 0.1) is 5.82 Å². The Balaban J connectivity index is 1.79. The second kappa shape index (κ2) is 8.60. The molecular weight excluding hydrogens is 369 g/mol. The monoisotopic (exact) mass is 385 g/mol. The Morgan fingerprint density at radius 2 is 1.93 bits per heavy atom. The van der Waals surface area contributed by atoms with E-state index in [0.29, 0.717) is 22.6 Å². The van der Waals surface area contributed by atoms with E-state index in [1.165, 1.54) is 36.7 Å². The van der Waals surface area contributed by atoms with Crippen molar-refractivity contribution in [1.29, 1.82) is 0 Å². The maximum atomic E-state index is 12.9. The third kappa shape index (κ3) is 4.60. The fourth-order valence-corrected chi connectivity index (χ4v) is 2.69. The minimum atomic E-state index is -0.600. The molecule has 0 fully saturated rings. The molecule has 0 aliphatic rings. The highest BCUT2D eigenvalue weighted by molar-refractivity contribution is 6.30. The second-order valence-electron chi connectivity index (χ2n) is 5.81. The number of hydrogen-bond donors (Lipinski definition) is 0. The van der Waals surface area contributed by atoms with E-state index in [4.69, 9.17) is 16.4 Å². The molecule has 7 heteroatoms. The van der Waals surface area contributed by atoms with Crippen molar-refractivity contribution < 1.29 is 14.0 Å². The molecular formula is C20H17ClFN3O2. The van der Waals surface area contributed by atoms with E-state index in [9.17, 15) is 9.18 Å². The number of halogens is 2. The topological polar surface area (TPSA) is 56.5 Å². The molecule has 0 amide bonds. The van der Waals surface area contributed by atoms with Gasteiger partial charge in [0, 0.05) is 5.02 Å². The van der Waals surface area contributed by atoms with Crippen LogP contribution in [0.3, 0.4) is 0 Å². The lowest BCUT2D eigenvalue weighted by atomic mass is 10.1. The highest BCUT2D eigenvalue weighted by Crippen LogP contribution is 2.19. The summed E-state index contributed by atoms with van der Waals surface area (Å²) in [6.07, 6.45) is 4.29. The molecule has 0 aliphatic heterocycles. The summed E-state index contributed by atoms with van der Waals surface area (Å²) in [7, 11) is 0. The van der Waals surface area contributed by atoms with E-state index in [-0.39, 0.29) is 5.82 Å². The second-order valence-corrected chi connectivity index (χ2v) is 6.24. The Morgan fingerprint density at radius 3 is 2.59 bits per heavy atom. The fraction of sp³-hybridized carbons (Fsp3) is 0.150. The largest absolute Gasteiger partial charge is 0.369 e. The quantitative estimate of drug-likeness (QED) is 0.347. The first-order chi connectivity index (χ1) is 13.1. The number of aromatic nitrogens is 2. The fourth-order valence-electron chi connectivity index (χ4n) is 2.56. The first kappa shape index (κ1) is 18.8. The van der Waals surface area contributed by atoms with Gasteiger partial charge < -0.3 is 4.84 Å². The van der Waals surface area contributed by atoms with Crippen molar-refractivity contribution in [2.75, 3.05) is 0 Å². The molecule has 0 aliphatic carbocycles. The third-order valence-electron chi connectivity index (χ3n) is 3.85. The van der Waals surface area contributed by atoms with Crippen molar-refractivity contribution in [1.82, 2.24) is 9.78 Å². The van der Waals surface area contributed by atoms with Gasteiger partial charge in [-0.2, -0.15) is 5.10 Å². The van der Waals surface area contributed by atoms with Gasteiger partial charge in [0.1, 0.15) is 11.4 Å². The van der Waals surface area contributed by atoms with Crippen LogP contribution in [-0.2, 0) is 11.3 Å². The molecule has 27 heavy (non-hydrogen) atoms. The van der Waals surface area contributed by atoms with Gasteiger partial charge >= 0.3 is 5.97 Å². The zero-order valence-electron chi connectivity index (χ0n) is 14.6. The van der Waals surface area contributed by atoms with Crippen LogP contribution >= 0.6 is 11.6 Å². The zero-order chi connectivity index (χ0) is 19.2. The van der Waals surface area contributed by atoms with Crippen LogP contribution in [0.4, 0.5) is 4.39 Å². The van der Waals surface area contributed by atoms with Crippen LogP contribution in [0.5, 0.6) is 0 Å². The van der Waals surface area contributed by atoms with Crippen LogP contribution in [0.2, 0.25) is 5.02 Å². The lowest BCUT2D eigenvalue weighted by Gasteiger charge is -2.08. The molecule has 5 nitrogen and oxygen atoms in total. The molecule has 1 heterocycles. The highest BCUT2D eigenvalue weighted by Gasteiger charge is 2.19. The minimum Gasteiger partial charge on any atom is -0.313 e. The number of nitrogens with zero attached hydrogens (tertiary/aromatic N) is 3. The van der Waals surface area contributed by atoms with E-state index >= 15 is 0 Å². The Hall–Kier alpha value is -2.99. The predicted molar refractivity (Wildman–Crippen MR) is 102 cm³/mol. The van der Waals surface area contributed by atoms with E-state index in [1.807, 2.05) is 19.1 Å². The van der Waals surface area contributed by atoms with Gasteiger partial charge in [0.25, 0.3) is 0 Å². The lowest BCUT2D eigenvalue weighted by Crippen LogP contribution is -2.08. The molecule has 0 spiro atoms. The van der Waals surface area contributed by atoms with Crippen LogP contribution in [0.15, 0.2) is 59.9 Å². The van der Waals surface area contributed by atoms with Crippen molar-refractivity contribution in [3.63, 3.8) is 0 Å². The molecule has 0 radical (unpaired) electrons. The molecule has 3 rings (SSSR count). The maximum Gasteiger partial charge on any atom is 0.369 e. The van der Waals surface area contributed by atoms with E-state index in [0.717, 1.165) is 17.8 Å². The zero-order valence-corrected chi connectivity index (χ0v) is 15.4. The molecule has 3 aromatic rings. The van der Waals surface area contributed by atoms with Gasteiger partial charge in [0.2, 0.25) is 0 Å². The van der Waals surface area contributed by atoms with Gasteiger partial charge in [0.05, 0.1) is 23.8 Å². The predicted octanol–water partition coefficient (Wildman–Crippen LogP) is 4.81. The number of benzene rings is 2. The average molecular weight is 386 g/mol. The number of oxime groups is 1. The van der Waals surface area contributed by atoms with Gasteiger partial charge in [-0.25, -0.2) is 13.9 Å². The SMILES string of the molecule is CCCc1c(C(=O)O/N=C/c2ccc(F)cc2)cnn1-c1ccc(Cl)cc1. The molecule has 0 N–H and O–H groups in total. The standard InChI is InChI=1S/C20H17ClFN3O2/c1-2-3-19-18(13-23-25(19)17-10-6-15(21)7-11-17)20(26)27-24-12-14-4-8-16(22)9-5-14/h4-13H,2-3H2,1H3/b24-12+. The van der Waals surface area contributed by atoms with E-state index in [2.05, 4.69) is 10.3 Å². The molecule has 1 aromatic heterocycles. The molecule has 2 aromatic carbocycles. The Kier molecular flexibility index (Phi) is 5.98. The number of hydrogen-bond acceptors (Lipinski definition) is 4. The average Bonchev–Trinajstić information content (AvgIpc) is 3.08. The van der Waals surface area contributed by atoms with Crippen molar-refractivity contribution in [2.45, 2.75) is 19.8 Å². The summed E-state index contributed by atoms with van der Waals surface area (Å²) in [5.74, 6) is -0.944. The molecule has 0 saturated heterocycles. The van der Waals surface area contributed by atoms with Crippen LogP contribution in [-0.4, -0.2) is 22.0 Å². The summed E-state index contributed by atoms with van der Waals surface area (Å²) in [5.41, 5.74) is 2.51. The molecule has 138 valence electrons. The lowest BCUT2D eigenvalue weighted by molar-refractivity contribution is 0.0518. The smallest absolute Gasteiger partial charge is 0.313 e. The van der Waals surface area contributed by atoms with Crippen molar-refractivity contribution in [3.05, 3.63) is 82.4 Å². The first-order valence-electron chi connectivity index (χ1n) is 8.41. The van der Waals surface area contributed by atoms with Crippen molar-refractivity contribution >= 4 is 23.8 Å². The summed E-state index contributed by atoms with van der Waals surface area (Å²) < 4.78 is 14.6. The molecule has 0 bridgehead atoms. The maximum absolute atomic E-state index is 12.9. The van der Waals surface area contributed by atoms with Crippen LogP contribution in [0.25, 0.3) is 5.69 Å². The Labute approximate surface area is 161 Å². The third-order valence-corrected chi connectivity index (χ3v) is 4.11. The Bertz CT molecular complexity index is 950. The molecule has 0 atom stereocenters. The normalized spacial score (nSPS) is 11.1. The van der Waals surface area contributed by atoms with Gasteiger partial charge in [0.15, 0.2) is 0 Å². The highest BCUT2D eigenvalue weighted by atomic mass is 35.5. The van der Waals surface area contributed by atoms with Gasteiger partial charge in [-0.1, -0.05) is 42.2 Å². The Morgan fingerprint density at radius 1 is 1.22 bits per heavy atom. The van der Waals surface area contributed by atoms with Crippen LogP contribution < -0.4 is 0 Å². The number of carbonyl (C=O) groups excluding carboxylic acids is 1. The number of carbonyl (C=O) groups is 1. The van der Waals surface area contributed by atoms with Gasteiger partial charge in [-0.05, 0) is 48.4 Å². The van der Waals surface area contributed by atoms with Crippen molar-refractivity contribution in [2.24, 2.45) is 5.16 Å². The summed E-state index contributed by atoms with van der Waals surface area (Å²) >= 11 is 5.93. The van der Waals surface area contributed by atoms with Crippen molar-refractivity contribution in [3.8, 4) is 5.69 Å². The minimum absolute atomic E-state index is 0.344.